The van der Waals surface area contributed by atoms with E-state index in [1.54, 1.807) is 36.4 Å². The molecule has 0 N–H and O–H groups in total. The lowest BCUT2D eigenvalue weighted by Gasteiger charge is -2.21. The lowest BCUT2D eigenvalue weighted by molar-refractivity contribution is 0.0981. The van der Waals surface area contributed by atoms with Gasteiger partial charge in [0.1, 0.15) is 0 Å². The molecule has 0 unspecified atom stereocenters. The minimum atomic E-state index is -3.72. The van der Waals surface area contributed by atoms with Crippen molar-refractivity contribution < 1.29 is 13.2 Å². The Morgan fingerprint density at radius 1 is 1.04 bits per heavy atom. The Morgan fingerprint density at radius 3 is 2.38 bits per heavy atom. The van der Waals surface area contributed by atoms with Crippen LogP contribution in [0.15, 0.2) is 41.3 Å². The Bertz CT molecular complexity index is 908. The number of rotatable bonds is 2. The van der Waals surface area contributed by atoms with Crippen molar-refractivity contribution in [1.82, 2.24) is 4.31 Å². The molecule has 3 rings (SSSR count). The molecule has 24 heavy (non-hydrogen) atoms. The maximum absolute atomic E-state index is 12.9. The molecule has 2 aromatic rings. The Morgan fingerprint density at radius 2 is 1.71 bits per heavy atom. The van der Waals surface area contributed by atoms with Crippen LogP contribution in [0.4, 0.5) is 0 Å². The zero-order valence-electron chi connectivity index (χ0n) is 12.9. The molecule has 0 spiro atoms. The zero-order valence-corrected chi connectivity index (χ0v) is 15.2. The molecule has 1 heterocycles. The van der Waals surface area contributed by atoms with Crippen molar-refractivity contribution in [1.29, 1.82) is 0 Å². The lowest BCUT2D eigenvalue weighted by atomic mass is 10.0. The van der Waals surface area contributed by atoms with E-state index in [2.05, 4.69) is 0 Å². The number of benzene rings is 2. The highest BCUT2D eigenvalue weighted by Gasteiger charge is 2.31. The second kappa shape index (κ2) is 6.48. The normalized spacial score (nSPS) is 15.9. The fourth-order valence-corrected chi connectivity index (χ4v) is 4.50. The van der Waals surface area contributed by atoms with Crippen molar-refractivity contribution in [2.75, 3.05) is 6.54 Å². The number of hydrogen-bond donors (Lipinski definition) is 0. The van der Waals surface area contributed by atoms with E-state index >= 15 is 0 Å². The summed E-state index contributed by atoms with van der Waals surface area (Å²) < 4.78 is 27.1. The second-order valence-corrected chi connectivity index (χ2v) is 8.44. The van der Waals surface area contributed by atoms with Gasteiger partial charge in [0.15, 0.2) is 5.78 Å². The number of aryl methyl sites for hydroxylation is 1. The number of carbonyl (C=O) groups is 1. The Kier molecular flexibility index (Phi) is 4.71. The van der Waals surface area contributed by atoms with Crippen molar-refractivity contribution in [3.63, 3.8) is 0 Å². The molecule has 126 valence electrons. The van der Waals surface area contributed by atoms with Crippen LogP contribution in [0.3, 0.4) is 0 Å². The van der Waals surface area contributed by atoms with Crippen LogP contribution < -0.4 is 0 Å². The third-order valence-electron chi connectivity index (χ3n) is 4.08. The van der Waals surface area contributed by atoms with Gasteiger partial charge in [-0.05, 0) is 36.8 Å². The largest absolute Gasteiger partial charge is 0.294 e. The molecule has 0 bridgehead atoms. The fourth-order valence-electron chi connectivity index (χ4n) is 2.69. The van der Waals surface area contributed by atoms with Gasteiger partial charge in [0, 0.05) is 25.1 Å². The molecule has 1 aliphatic heterocycles. The van der Waals surface area contributed by atoms with Crippen LogP contribution in [-0.2, 0) is 16.6 Å². The van der Waals surface area contributed by atoms with E-state index in [4.69, 9.17) is 23.2 Å². The molecule has 0 saturated heterocycles. The summed E-state index contributed by atoms with van der Waals surface area (Å²) in [7, 11) is -3.72. The van der Waals surface area contributed by atoms with Crippen LogP contribution in [0.2, 0.25) is 10.0 Å². The van der Waals surface area contributed by atoms with Gasteiger partial charge in [-0.1, -0.05) is 40.9 Å². The number of halogens is 2. The molecule has 0 radical (unpaired) electrons. The van der Waals surface area contributed by atoms with Crippen LogP contribution in [0.1, 0.15) is 27.9 Å². The number of Topliss-reactive ketones (excluding diaryl/α,β-unsaturated/α-hetero) is 1. The van der Waals surface area contributed by atoms with Crippen molar-refractivity contribution in [3.8, 4) is 0 Å². The monoisotopic (exact) mass is 383 g/mol. The standard InChI is InChI=1S/C17H15Cl2NO3S/c1-11-2-4-12(5-3-11)24(22,23)20-9-8-16(21)13-6-7-15(18)17(19)14(13)10-20/h2-7H,8-10H2,1H3. The summed E-state index contributed by atoms with van der Waals surface area (Å²) in [5.74, 6) is -0.134. The minimum absolute atomic E-state index is 0.0245. The summed E-state index contributed by atoms with van der Waals surface area (Å²) in [4.78, 5) is 12.5. The number of hydrogen-bond acceptors (Lipinski definition) is 3. The van der Waals surface area contributed by atoms with E-state index in [9.17, 15) is 13.2 Å². The van der Waals surface area contributed by atoms with Gasteiger partial charge in [-0.2, -0.15) is 4.31 Å². The zero-order chi connectivity index (χ0) is 17.5. The molecule has 4 nitrogen and oxygen atoms in total. The minimum Gasteiger partial charge on any atom is -0.294 e. The second-order valence-electron chi connectivity index (χ2n) is 5.71. The van der Waals surface area contributed by atoms with E-state index in [0.717, 1.165) is 5.56 Å². The molecule has 0 fully saturated rings. The molecule has 1 aliphatic rings. The Hall–Kier alpha value is -1.40. The molecule has 0 atom stereocenters. The number of fused-ring (bicyclic) bond motifs is 1. The topological polar surface area (TPSA) is 54.5 Å². The van der Waals surface area contributed by atoms with Gasteiger partial charge in [-0.15, -0.1) is 0 Å². The van der Waals surface area contributed by atoms with Gasteiger partial charge in [-0.3, -0.25) is 4.79 Å². The van der Waals surface area contributed by atoms with Crippen LogP contribution in [0.25, 0.3) is 0 Å². The predicted octanol–water partition coefficient (Wildman–Crippen LogP) is 4.08. The molecule has 2 aromatic carbocycles. The van der Waals surface area contributed by atoms with E-state index in [1.165, 1.54) is 4.31 Å². The van der Waals surface area contributed by atoms with E-state index in [0.29, 0.717) is 16.1 Å². The summed E-state index contributed by atoms with van der Waals surface area (Å²) in [6, 6.07) is 9.79. The number of nitrogens with zero attached hydrogens (tertiary/aromatic N) is 1. The lowest BCUT2D eigenvalue weighted by Crippen LogP contribution is -2.31. The van der Waals surface area contributed by atoms with Crippen molar-refractivity contribution in [2.24, 2.45) is 0 Å². The van der Waals surface area contributed by atoms with Gasteiger partial charge in [-0.25, -0.2) is 8.42 Å². The molecule has 0 aliphatic carbocycles. The molecular formula is C17H15Cl2NO3S. The highest BCUT2D eigenvalue weighted by atomic mass is 35.5. The fraction of sp³-hybridized carbons (Fsp3) is 0.235. The number of carbonyl (C=O) groups excluding carboxylic acids is 1. The first-order chi connectivity index (χ1) is 11.3. The first-order valence-electron chi connectivity index (χ1n) is 7.37. The first kappa shape index (κ1) is 17.4. The van der Waals surface area contributed by atoms with Crippen LogP contribution in [0.5, 0.6) is 0 Å². The maximum Gasteiger partial charge on any atom is 0.243 e. The Balaban J connectivity index is 2.05. The van der Waals surface area contributed by atoms with Gasteiger partial charge >= 0.3 is 0 Å². The van der Waals surface area contributed by atoms with Crippen LogP contribution >= 0.6 is 23.2 Å². The highest BCUT2D eigenvalue weighted by Crippen LogP contribution is 2.33. The Labute approximate surface area is 151 Å². The summed E-state index contributed by atoms with van der Waals surface area (Å²) >= 11 is 12.3. The third kappa shape index (κ3) is 3.09. The van der Waals surface area contributed by atoms with Crippen molar-refractivity contribution in [2.45, 2.75) is 24.8 Å². The van der Waals surface area contributed by atoms with Crippen LogP contribution in [0, 0.1) is 6.92 Å². The van der Waals surface area contributed by atoms with E-state index in [1.807, 2.05) is 6.92 Å². The predicted molar refractivity (Wildman–Crippen MR) is 94.2 cm³/mol. The highest BCUT2D eigenvalue weighted by molar-refractivity contribution is 7.89. The SMILES string of the molecule is Cc1ccc(S(=O)(=O)N2CCC(=O)c3ccc(Cl)c(Cl)c3C2)cc1. The number of sulfonamides is 1. The quantitative estimate of drug-likeness (QED) is 0.784. The van der Waals surface area contributed by atoms with Gasteiger partial charge in [0.05, 0.1) is 14.9 Å². The van der Waals surface area contributed by atoms with Crippen molar-refractivity contribution >= 4 is 39.0 Å². The van der Waals surface area contributed by atoms with E-state index < -0.39 is 10.0 Å². The molecule has 0 amide bonds. The maximum atomic E-state index is 12.9. The first-order valence-corrected chi connectivity index (χ1v) is 9.57. The smallest absolute Gasteiger partial charge is 0.243 e. The van der Waals surface area contributed by atoms with E-state index in [-0.39, 0.29) is 35.2 Å². The average molecular weight is 384 g/mol. The van der Waals surface area contributed by atoms with Gasteiger partial charge in [0.2, 0.25) is 10.0 Å². The third-order valence-corrected chi connectivity index (χ3v) is 6.78. The number of ketones is 1. The molecule has 0 saturated carbocycles. The van der Waals surface area contributed by atoms with Gasteiger partial charge < -0.3 is 0 Å². The summed E-state index contributed by atoms with van der Waals surface area (Å²) in [6.45, 7) is 2.02. The molecule has 0 aromatic heterocycles. The summed E-state index contributed by atoms with van der Waals surface area (Å²) in [6.07, 6.45) is 0.107. The van der Waals surface area contributed by atoms with Crippen LogP contribution in [-0.4, -0.2) is 25.1 Å². The summed E-state index contributed by atoms with van der Waals surface area (Å²) in [5.41, 5.74) is 1.87. The molecule has 7 heteroatoms. The average Bonchev–Trinajstić information content (AvgIpc) is 2.72. The van der Waals surface area contributed by atoms with Crippen molar-refractivity contribution in [3.05, 3.63) is 63.1 Å². The van der Waals surface area contributed by atoms with Gasteiger partial charge in [0.25, 0.3) is 0 Å². The summed E-state index contributed by atoms with van der Waals surface area (Å²) in [5, 5.41) is 0.534. The molecular weight excluding hydrogens is 369 g/mol.